The fraction of sp³-hybridized carbons (Fsp3) is 0.263. The van der Waals surface area contributed by atoms with Crippen LogP contribution in [0.25, 0.3) is 0 Å². The monoisotopic (exact) mass is 328 g/mol. The number of hydrogen-bond acceptors (Lipinski definition) is 2. The Labute approximate surface area is 141 Å². The van der Waals surface area contributed by atoms with E-state index in [9.17, 15) is 14.0 Å². The van der Waals surface area contributed by atoms with Gasteiger partial charge in [0.25, 0.3) is 0 Å². The molecular weight excluding hydrogens is 307 g/mol. The number of nitrogens with zero attached hydrogens (tertiary/aromatic N) is 1. The Morgan fingerprint density at radius 3 is 2.54 bits per heavy atom. The van der Waals surface area contributed by atoms with Gasteiger partial charge in [0.1, 0.15) is 5.82 Å². The maximum absolute atomic E-state index is 13.5. The zero-order valence-electron chi connectivity index (χ0n) is 13.9. The van der Waals surface area contributed by atoms with Crippen LogP contribution in [-0.2, 0) is 16.1 Å². The van der Waals surface area contributed by atoms with Crippen molar-refractivity contribution in [2.24, 2.45) is 0 Å². The summed E-state index contributed by atoms with van der Waals surface area (Å²) in [5.74, 6) is -0.903. The predicted molar refractivity (Wildman–Crippen MR) is 91.9 cm³/mol. The maximum Gasteiger partial charge on any atom is 0.226 e. The number of benzene rings is 2. The number of aryl methyl sites for hydroxylation is 1. The number of hydrogen-bond donors (Lipinski definition) is 1. The van der Waals surface area contributed by atoms with Crippen molar-refractivity contribution in [2.45, 2.75) is 26.8 Å². The lowest BCUT2D eigenvalue weighted by Gasteiger charge is -2.21. The van der Waals surface area contributed by atoms with Gasteiger partial charge in [-0.3, -0.25) is 9.59 Å². The number of para-hydroxylation sites is 1. The quantitative estimate of drug-likeness (QED) is 0.882. The molecule has 0 unspecified atom stereocenters. The highest BCUT2D eigenvalue weighted by atomic mass is 19.1. The second-order valence-corrected chi connectivity index (χ2v) is 5.71. The third kappa shape index (κ3) is 5.19. The standard InChI is InChI=1S/C19H21FN2O2/c1-14-6-5-7-16(12-14)13-22(15(2)23)11-10-19(24)21-18-9-4-3-8-17(18)20/h3-9,12H,10-11,13H2,1-2H3,(H,21,24). The molecule has 0 aliphatic carbocycles. The van der Waals surface area contributed by atoms with Crippen molar-refractivity contribution < 1.29 is 14.0 Å². The molecule has 4 nitrogen and oxygen atoms in total. The fourth-order valence-corrected chi connectivity index (χ4v) is 2.39. The van der Waals surface area contributed by atoms with Gasteiger partial charge < -0.3 is 10.2 Å². The SMILES string of the molecule is CC(=O)N(CCC(=O)Nc1ccccc1F)Cc1cccc(C)c1. The normalized spacial score (nSPS) is 10.3. The number of anilines is 1. The van der Waals surface area contributed by atoms with Crippen molar-refractivity contribution in [3.05, 3.63) is 65.5 Å². The molecule has 0 spiro atoms. The molecule has 0 aliphatic heterocycles. The Bertz CT molecular complexity index is 731. The van der Waals surface area contributed by atoms with Gasteiger partial charge in [-0.2, -0.15) is 0 Å². The Kier molecular flexibility index (Phi) is 6.07. The topological polar surface area (TPSA) is 49.4 Å². The second-order valence-electron chi connectivity index (χ2n) is 5.71. The number of carbonyl (C=O) groups excluding carboxylic acids is 2. The van der Waals surface area contributed by atoms with Crippen molar-refractivity contribution in [2.75, 3.05) is 11.9 Å². The van der Waals surface area contributed by atoms with Crippen LogP contribution in [0.1, 0.15) is 24.5 Å². The van der Waals surface area contributed by atoms with Crippen LogP contribution >= 0.6 is 0 Å². The van der Waals surface area contributed by atoms with Crippen LogP contribution in [0.5, 0.6) is 0 Å². The van der Waals surface area contributed by atoms with E-state index in [2.05, 4.69) is 5.32 Å². The van der Waals surface area contributed by atoms with Gasteiger partial charge in [-0.1, -0.05) is 42.0 Å². The lowest BCUT2D eigenvalue weighted by atomic mass is 10.1. The molecule has 0 saturated heterocycles. The first-order valence-corrected chi connectivity index (χ1v) is 7.81. The summed E-state index contributed by atoms with van der Waals surface area (Å²) in [5.41, 5.74) is 2.28. The van der Waals surface area contributed by atoms with Crippen molar-refractivity contribution in [1.82, 2.24) is 4.90 Å². The zero-order valence-corrected chi connectivity index (χ0v) is 13.9. The molecule has 0 bridgehead atoms. The molecule has 5 heteroatoms. The Balaban J connectivity index is 1.92. The molecule has 0 heterocycles. The van der Waals surface area contributed by atoms with E-state index >= 15 is 0 Å². The van der Waals surface area contributed by atoms with Gasteiger partial charge >= 0.3 is 0 Å². The number of carbonyl (C=O) groups is 2. The minimum absolute atomic E-state index is 0.102. The van der Waals surface area contributed by atoms with Crippen molar-refractivity contribution >= 4 is 17.5 Å². The molecule has 0 aromatic heterocycles. The van der Waals surface area contributed by atoms with Gasteiger partial charge in [0.2, 0.25) is 11.8 Å². The van der Waals surface area contributed by atoms with Crippen LogP contribution in [0.2, 0.25) is 0 Å². The van der Waals surface area contributed by atoms with E-state index in [4.69, 9.17) is 0 Å². The zero-order chi connectivity index (χ0) is 17.5. The average Bonchev–Trinajstić information content (AvgIpc) is 2.53. The molecule has 2 rings (SSSR count). The molecule has 0 fully saturated rings. The third-order valence-electron chi connectivity index (χ3n) is 3.66. The Morgan fingerprint density at radius 1 is 1.12 bits per heavy atom. The lowest BCUT2D eigenvalue weighted by Crippen LogP contribution is -2.31. The molecule has 2 aromatic rings. The van der Waals surface area contributed by atoms with Crippen LogP contribution in [0.15, 0.2) is 48.5 Å². The van der Waals surface area contributed by atoms with Crippen molar-refractivity contribution in [3.8, 4) is 0 Å². The van der Waals surface area contributed by atoms with E-state index in [0.717, 1.165) is 11.1 Å². The van der Waals surface area contributed by atoms with Gasteiger partial charge in [0, 0.05) is 26.4 Å². The molecule has 0 aliphatic rings. The summed E-state index contributed by atoms with van der Waals surface area (Å²) in [6.45, 7) is 4.20. The van der Waals surface area contributed by atoms with Crippen LogP contribution in [0.3, 0.4) is 0 Å². The van der Waals surface area contributed by atoms with Crippen LogP contribution in [0.4, 0.5) is 10.1 Å². The highest BCUT2D eigenvalue weighted by molar-refractivity contribution is 5.91. The molecule has 24 heavy (non-hydrogen) atoms. The summed E-state index contributed by atoms with van der Waals surface area (Å²) < 4.78 is 13.5. The molecule has 126 valence electrons. The maximum atomic E-state index is 13.5. The molecule has 2 amide bonds. The summed E-state index contributed by atoms with van der Waals surface area (Å²) in [4.78, 5) is 25.4. The van der Waals surface area contributed by atoms with Gasteiger partial charge in [0.15, 0.2) is 0 Å². The molecule has 0 saturated carbocycles. The molecule has 2 aromatic carbocycles. The Hall–Kier alpha value is -2.69. The first-order valence-electron chi connectivity index (χ1n) is 7.81. The van der Waals surface area contributed by atoms with Crippen LogP contribution in [0, 0.1) is 12.7 Å². The fourth-order valence-electron chi connectivity index (χ4n) is 2.39. The van der Waals surface area contributed by atoms with Crippen molar-refractivity contribution in [1.29, 1.82) is 0 Å². The minimum Gasteiger partial charge on any atom is -0.338 e. The lowest BCUT2D eigenvalue weighted by molar-refractivity contribution is -0.129. The van der Waals surface area contributed by atoms with E-state index in [1.54, 1.807) is 17.0 Å². The first-order chi connectivity index (χ1) is 11.5. The van der Waals surface area contributed by atoms with Gasteiger partial charge in [-0.15, -0.1) is 0 Å². The van der Waals surface area contributed by atoms with E-state index in [1.165, 1.54) is 19.1 Å². The number of amides is 2. The number of halogens is 1. The summed E-state index contributed by atoms with van der Waals surface area (Å²) >= 11 is 0. The average molecular weight is 328 g/mol. The number of rotatable bonds is 6. The number of nitrogens with one attached hydrogen (secondary N) is 1. The van der Waals surface area contributed by atoms with Crippen LogP contribution in [-0.4, -0.2) is 23.3 Å². The summed E-state index contributed by atoms with van der Waals surface area (Å²) in [5, 5.41) is 2.53. The summed E-state index contributed by atoms with van der Waals surface area (Å²) in [6, 6.07) is 13.9. The smallest absolute Gasteiger partial charge is 0.226 e. The molecule has 1 N–H and O–H groups in total. The largest absolute Gasteiger partial charge is 0.338 e. The second kappa shape index (κ2) is 8.24. The van der Waals surface area contributed by atoms with Gasteiger partial charge in [-0.25, -0.2) is 4.39 Å². The highest BCUT2D eigenvalue weighted by Crippen LogP contribution is 2.13. The molecular formula is C19H21FN2O2. The Morgan fingerprint density at radius 2 is 1.88 bits per heavy atom. The van der Waals surface area contributed by atoms with E-state index in [0.29, 0.717) is 6.54 Å². The highest BCUT2D eigenvalue weighted by Gasteiger charge is 2.13. The van der Waals surface area contributed by atoms with Crippen molar-refractivity contribution in [3.63, 3.8) is 0 Å². The molecule has 0 atom stereocenters. The van der Waals surface area contributed by atoms with E-state index < -0.39 is 5.82 Å². The van der Waals surface area contributed by atoms with E-state index in [-0.39, 0.29) is 30.5 Å². The minimum atomic E-state index is -0.478. The van der Waals surface area contributed by atoms with Gasteiger partial charge in [-0.05, 0) is 24.6 Å². The first kappa shape index (κ1) is 17.7. The summed E-state index contributed by atoms with van der Waals surface area (Å²) in [6.07, 6.45) is 0.111. The molecule has 0 radical (unpaired) electrons. The predicted octanol–water partition coefficient (Wildman–Crippen LogP) is 3.51. The van der Waals surface area contributed by atoms with Gasteiger partial charge in [0.05, 0.1) is 5.69 Å². The van der Waals surface area contributed by atoms with E-state index in [1.807, 2.05) is 31.2 Å². The third-order valence-corrected chi connectivity index (χ3v) is 3.66. The van der Waals surface area contributed by atoms with Crippen LogP contribution < -0.4 is 5.32 Å². The summed E-state index contributed by atoms with van der Waals surface area (Å²) in [7, 11) is 0.